The number of phosphoric acid groups is 1. The van der Waals surface area contributed by atoms with Gasteiger partial charge in [0, 0.05) is 19.4 Å². The van der Waals surface area contributed by atoms with E-state index in [0.717, 1.165) is 57.8 Å². The molecule has 9 nitrogen and oxygen atoms in total. The van der Waals surface area contributed by atoms with Gasteiger partial charge in [0.1, 0.15) is 6.61 Å². The highest BCUT2D eigenvalue weighted by molar-refractivity contribution is 7.47. The van der Waals surface area contributed by atoms with Crippen molar-refractivity contribution in [1.82, 2.24) is 0 Å². The van der Waals surface area contributed by atoms with Gasteiger partial charge in [-0.25, -0.2) is 4.57 Å². The zero-order valence-corrected chi connectivity index (χ0v) is 26.2. The van der Waals surface area contributed by atoms with Crippen LogP contribution in [0.25, 0.3) is 0 Å². The van der Waals surface area contributed by atoms with Gasteiger partial charge in [-0.15, -0.1) is 0 Å². The number of carbonyl (C=O) groups is 2. The molecule has 0 amide bonds. The van der Waals surface area contributed by atoms with Crippen LogP contribution in [0, 0.1) is 0 Å². The van der Waals surface area contributed by atoms with E-state index in [9.17, 15) is 19.0 Å². The normalized spacial score (nSPS) is 13.8. The number of ether oxygens (including phenoxy) is 2. The molecule has 0 bridgehead atoms. The number of esters is 2. The van der Waals surface area contributed by atoms with Gasteiger partial charge < -0.3 is 20.1 Å². The van der Waals surface area contributed by atoms with Gasteiger partial charge in [0.2, 0.25) is 0 Å². The molecule has 0 saturated heterocycles. The average Bonchev–Trinajstić information content (AvgIpc) is 2.93. The lowest BCUT2D eigenvalue weighted by Gasteiger charge is -2.19. The summed E-state index contributed by atoms with van der Waals surface area (Å²) in [6.07, 6.45) is 23.0. The summed E-state index contributed by atoms with van der Waals surface area (Å²) in [5.74, 6) is -0.859. The Balaban J connectivity index is 4.19. The van der Waals surface area contributed by atoms with Crippen molar-refractivity contribution < 1.29 is 37.6 Å². The fraction of sp³-hybridized carbons (Fsp3) is 0.867. The molecule has 0 aliphatic carbocycles. The molecule has 2 unspecified atom stereocenters. The Morgan fingerprint density at radius 1 is 0.725 bits per heavy atom. The monoisotopic (exact) mass is 591 g/mol. The number of allylic oxidation sites excluding steroid dienone is 2. The molecule has 10 heteroatoms. The SMILES string of the molecule is CCCCCCCC/C=C\CCCCCCCC(=O)OC(COC(=O)CCCCCC)COP(=O)(O)OCCN. The summed E-state index contributed by atoms with van der Waals surface area (Å²) in [4.78, 5) is 34.1. The quantitative estimate of drug-likeness (QED) is 0.0391. The zero-order chi connectivity index (χ0) is 29.7. The highest BCUT2D eigenvalue weighted by atomic mass is 31.2. The van der Waals surface area contributed by atoms with Gasteiger partial charge in [0.25, 0.3) is 0 Å². The lowest BCUT2D eigenvalue weighted by Crippen LogP contribution is -2.29. The van der Waals surface area contributed by atoms with Crippen molar-refractivity contribution in [3.63, 3.8) is 0 Å². The van der Waals surface area contributed by atoms with Gasteiger partial charge in [-0.2, -0.15) is 0 Å². The molecule has 0 aromatic carbocycles. The van der Waals surface area contributed by atoms with E-state index in [0.29, 0.717) is 6.42 Å². The van der Waals surface area contributed by atoms with Crippen LogP contribution in [0.4, 0.5) is 0 Å². The summed E-state index contributed by atoms with van der Waals surface area (Å²) in [7, 11) is -4.35. The maximum absolute atomic E-state index is 12.4. The van der Waals surface area contributed by atoms with E-state index >= 15 is 0 Å². The Morgan fingerprint density at radius 3 is 1.80 bits per heavy atom. The Kier molecular flexibility index (Phi) is 27.0. The fourth-order valence-electron chi connectivity index (χ4n) is 4.04. The van der Waals surface area contributed by atoms with E-state index in [1.54, 1.807) is 0 Å². The van der Waals surface area contributed by atoms with Gasteiger partial charge in [0.05, 0.1) is 13.2 Å². The standard InChI is InChI=1S/C30H58NO8P/c1-3-5-7-9-10-11-12-13-14-15-16-17-18-19-21-23-30(33)39-28(27-38-40(34,35)37-25-24-31)26-36-29(32)22-20-8-6-4-2/h13-14,28H,3-12,15-27,31H2,1-2H3,(H,34,35)/b14-13-. The van der Waals surface area contributed by atoms with Crippen LogP contribution >= 0.6 is 7.82 Å². The van der Waals surface area contributed by atoms with Gasteiger partial charge in [-0.3, -0.25) is 18.6 Å². The Morgan fingerprint density at radius 2 is 1.23 bits per heavy atom. The lowest BCUT2D eigenvalue weighted by atomic mass is 10.1. The largest absolute Gasteiger partial charge is 0.472 e. The van der Waals surface area contributed by atoms with Crippen molar-refractivity contribution in [3.05, 3.63) is 12.2 Å². The first kappa shape index (κ1) is 38.8. The number of unbranched alkanes of at least 4 members (excludes halogenated alkanes) is 14. The average molecular weight is 592 g/mol. The van der Waals surface area contributed by atoms with Crippen LogP contribution in [0.5, 0.6) is 0 Å². The van der Waals surface area contributed by atoms with Crippen LogP contribution in [0.3, 0.4) is 0 Å². The minimum Gasteiger partial charge on any atom is -0.462 e. The number of carbonyl (C=O) groups excluding carboxylic acids is 2. The molecule has 0 fully saturated rings. The fourth-order valence-corrected chi connectivity index (χ4v) is 4.80. The molecule has 0 saturated carbocycles. The second-order valence-electron chi connectivity index (χ2n) is 10.3. The third-order valence-electron chi connectivity index (χ3n) is 6.40. The molecule has 0 aliphatic heterocycles. The number of hydrogen-bond acceptors (Lipinski definition) is 8. The third kappa shape index (κ3) is 26.9. The summed E-state index contributed by atoms with van der Waals surface area (Å²) < 4.78 is 32.2. The molecule has 236 valence electrons. The molecule has 40 heavy (non-hydrogen) atoms. The Hall–Kier alpha value is -1.25. The highest BCUT2D eigenvalue weighted by Gasteiger charge is 2.25. The summed E-state index contributed by atoms with van der Waals surface area (Å²) in [6, 6.07) is 0. The van der Waals surface area contributed by atoms with Crippen molar-refractivity contribution in [1.29, 1.82) is 0 Å². The van der Waals surface area contributed by atoms with Crippen LogP contribution in [-0.4, -0.2) is 49.3 Å². The zero-order valence-electron chi connectivity index (χ0n) is 25.3. The maximum Gasteiger partial charge on any atom is 0.472 e. The van der Waals surface area contributed by atoms with Crippen LogP contribution < -0.4 is 5.73 Å². The lowest BCUT2D eigenvalue weighted by molar-refractivity contribution is -0.161. The maximum atomic E-state index is 12.4. The van der Waals surface area contributed by atoms with Gasteiger partial charge in [-0.05, 0) is 38.5 Å². The summed E-state index contributed by atoms with van der Waals surface area (Å²) >= 11 is 0. The van der Waals surface area contributed by atoms with Crippen molar-refractivity contribution in [2.24, 2.45) is 5.73 Å². The summed E-state index contributed by atoms with van der Waals surface area (Å²) in [6.45, 7) is 3.55. The molecular formula is C30H58NO8P. The second-order valence-corrected chi connectivity index (χ2v) is 11.8. The molecule has 0 aliphatic rings. The van der Waals surface area contributed by atoms with E-state index in [2.05, 4.69) is 26.0 Å². The predicted molar refractivity (Wildman–Crippen MR) is 160 cm³/mol. The van der Waals surface area contributed by atoms with E-state index in [4.69, 9.17) is 24.3 Å². The van der Waals surface area contributed by atoms with Crippen LogP contribution in [-0.2, 0) is 32.7 Å². The molecule has 0 radical (unpaired) electrons. The van der Waals surface area contributed by atoms with Gasteiger partial charge in [0.15, 0.2) is 6.10 Å². The second kappa shape index (κ2) is 27.9. The number of rotatable bonds is 29. The minimum absolute atomic E-state index is 0.0535. The predicted octanol–water partition coefficient (Wildman–Crippen LogP) is 7.54. The molecule has 0 spiro atoms. The van der Waals surface area contributed by atoms with E-state index < -0.39 is 32.5 Å². The molecule has 0 heterocycles. The topological polar surface area (TPSA) is 134 Å². The van der Waals surface area contributed by atoms with E-state index in [-0.39, 0.29) is 32.6 Å². The van der Waals surface area contributed by atoms with Gasteiger partial charge in [-0.1, -0.05) is 96.6 Å². The molecule has 0 aromatic heterocycles. The molecule has 3 N–H and O–H groups in total. The first-order valence-electron chi connectivity index (χ1n) is 15.7. The van der Waals surface area contributed by atoms with Crippen molar-refractivity contribution in [2.75, 3.05) is 26.4 Å². The first-order chi connectivity index (χ1) is 19.3. The number of hydrogen-bond donors (Lipinski definition) is 2. The van der Waals surface area contributed by atoms with Crippen LogP contribution in [0.2, 0.25) is 0 Å². The smallest absolute Gasteiger partial charge is 0.462 e. The van der Waals surface area contributed by atoms with E-state index in [1.807, 2.05) is 0 Å². The first-order valence-corrected chi connectivity index (χ1v) is 17.2. The number of phosphoric ester groups is 1. The molecule has 2 atom stereocenters. The molecule has 0 rings (SSSR count). The third-order valence-corrected chi connectivity index (χ3v) is 7.39. The Labute approximate surface area is 243 Å². The Bertz CT molecular complexity index is 689. The molecule has 0 aromatic rings. The number of nitrogens with two attached hydrogens (primary N) is 1. The molecular weight excluding hydrogens is 533 g/mol. The summed E-state index contributed by atoms with van der Waals surface area (Å²) in [5.41, 5.74) is 5.28. The van der Waals surface area contributed by atoms with Gasteiger partial charge >= 0.3 is 19.8 Å². The van der Waals surface area contributed by atoms with Crippen molar-refractivity contribution in [3.8, 4) is 0 Å². The van der Waals surface area contributed by atoms with Crippen LogP contribution in [0.1, 0.15) is 136 Å². The summed E-state index contributed by atoms with van der Waals surface area (Å²) in [5, 5.41) is 0. The highest BCUT2D eigenvalue weighted by Crippen LogP contribution is 2.43. The van der Waals surface area contributed by atoms with Crippen molar-refractivity contribution >= 4 is 19.8 Å². The van der Waals surface area contributed by atoms with Crippen LogP contribution in [0.15, 0.2) is 12.2 Å². The van der Waals surface area contributed by atoms with Crippen molar-refractivity contribution in [2.45, 2.75) is 142 Å². The van der Waals surface area contributed by atoms with E-state index in [1.165, 1.54) is 44.9 Å². The minimum atomic E-state index is -4.35.